The second-order valence-corrected chi connectivity index (χ2v) is 5.88. The van der Waals surface area contributed by atoms with Gasteiger partial charge in [0.15, 0.2) is 0 Å². The average Bonchev–Trinajstić information content (AvgIpc) is 3.15. The Morgan fingerprint density at radius 3 is 2.38 bits per heavy atom. The number of benzene rings is 3. The van der Waals surface area contributed by atoms with Crippen molar-refractivity contribution in [3.8, 4) is 11.3 Å². The van der Waals surface area contributed by atoms with Crippen molar-refractivity contribution < 1.29 is 9.34 Å². The first kappa shape index (κ1) is 15.8. The molecule has 4 nitrogen and oxygen atoms in total. The zero-order valence-corrected chi connectivity index (χ0v) is 13.8. The van der Waals surface area contributed by atoms with E-state index in [1.807, 2.05) is 72.8 Å². The number of hydrogen-bond donors (Lipinski definition) is 0. The smallest absolute Gasteiger partial charge is 0.280 e. The monoisotopic (exact) mass is 341 g/mol. The van der Waals surface area contributed by atoms with Gasteiger partial charge in [-0.25, -0.2) is 0 Å². The molecule has 0 aliphatic carbocycles. The summed E-state index contributed by atoms with van der Waals surface area (Å²) in [5.74, 6) is 1.13. The third kappa shape index (κ3) is 3.00. The summed E-state index contributed by atoms with van der Waals surface area (Å²) in [4.78, 5) is 11.4. The zero-order valence-electron chi connectivity index (χ0n) is 13.8. The molecule has 0 radical (unpaired) electrons. The minimum atomic E-state index is -0.369. The Hall–Kier alpha value is -3.66. The second kappa shape index (κ2) is 6.69. The van der Waals surface area contributed by atoms with Gasteiger partial charge in [0.2, 0.25) is 0 Å². The van der Waals surface area contributed by atoms with E-state index in [0.29, 0.717) is 17.1 Å². The van der Waals surface area contributed by atoms with Crippen molar-refractivity contribution in [2.75, 3.05) is 0 Å². The van der Waals surface area contributed by atoms with Crippen molar-refractivity contribution in [3.05, 3.63) is 106 Å². The molecule has 126 valence electrons. The molecule has 4 heteroatoms. The number of nitrogens with zero attached hydrogens (tertiary/aromatic N) is 1. The molecule has 1 heterocycles. The SMILES string of the molecule is O=[N+]([O-])C(=Cc1ccc(-c2ccccc2)o1)c1cccc2ccccc12. The lowest BCUT2D eigenvalue weighted by molar-refractivity contribution is -0.374. The zero-order chi connectivity index (χ0) is 17.9. The minimum Gasteiger partial charge on any atom is -0.456 e. The highest BCUT2D eigenvalue weighted by Crippen LogP contribution is 2.29. The summed E-state index contributed by atoms with van der Waals surface area (Å²) in [6.07, 6.45) is 1.48. The molecule has 0 N–H and O–H groups in total. The molecule has 0 unspecified atom stereocenters. The van der Waals surface area contributed by atoms with E-state index in [2.05, 4.69) is 0 Å². The van der Waals surface area contributed by atoms with Crippen molar-refractivity contribution in [2.24, 2.45) is 0 Å². The van der Waals surface area contributed by atoms with Crippen LogP contribution in [0.2, 0.25) is 0 Å². The highest BCUT2D eigenvalue weighted by Gasteiger charge is 2.18. The molecular weight excluding hydrogens is 326 g/mol. The molecule has 0 atom stereocenters. The molecule has 0 spiro atoms. The van der Waals surface area contributed by atoms with E-state index in [4.69, 9.17) is 4.42 Å². The predicted molar refractivity (Wildman–Crippen MR) is 103 cm³/mol. The number of fused-ring (bicyclic) bond motifs is 1. The molecule has 26 heavy (non-hydrogen) atoms. The Balaban J connectivity index is 1.80. The highest BCUT2D eigenvalue weighted by molar-refractivity contribution is 5.95. The Bertz CT molecular complexity index is 1110. The summed E-state index contributed by atoms with van der Waals surface area (Å²) in [7, 11) is 0. The molecule has 0 saturated carbocycles. The largest absolute Gasteiger partial charge is 0.456 e. The number of hydrogen-bond acceptors (Lipinski definition) is 3. The van der Waals surface area contributed by atoms with E-state index >= 15 is 0 Å². The van der Waals surface area contributed by atoms with Crippen molar-refractivity contribution in [2.45, 2.75) is 0 Å². The van der Waals surface area contributed by atoms with Gasteiger partial charge in [-0.3, -0.25) is 10.1 Å². The molecule has 4 aromatic rings. The lowest BCUT2D eigenvalue weighted by Crippen LogP contribution is -1.98. The molecule has 0 bridgehead atoms. The van der Waals surface area contributed by atoms with E-state index in [-0.39, 0.29) is 10.6 Å². The Kier molecular flexibility index (Phi) is 4.07. The third-order valence-electron chi connectivity index (χ3n) is 4.23. The third-order valence-corrected chi connectivity index (χ3v) is 4.23. The molecule has 1 aromatic heterocycles. The van der Waals surface area contributed by atoms with Gasteiger partial charge < -0.3 is 4.42 Å². The van der Waals surface area contributed by atoms with Crippen molar-refractivity contribution in [3.63, 3.8) is 0 Å². The van der Waals surface area contributed by atoms with Gasteiger partial charge in [0.05, 0.1) is 16.6 Å². The molecule has 0 amide bonds. The maximum Gasteiger partial charge on any atom is 0.280 e. The summed E-state index contributed by atoms with van der Waals surface area (Å²) in [6, 6.07) is 26.4. The van der Waals surface area contributed by atoms with Crippen LogP contribution in [0.1, 0.15) is 11.3 Å². The van der Waals surface area contributed by atoms with E-state index in [9.17, 15) is 10.1 Å². The normalized spacial score (nSPS) is 11.6. The molecule has 4 rings (SSSR count). The fraction of sp³-hybridized carbons (Fsp3) is 0. The quantitative estimate of drug-likeness (QED) is 0.344. The predicted octanol–water partition coefficient (Wildman–Crippen LogP) is 5.87. The van der Waals surface area contributed by atoms with Gasteiger partial charge in [-0.05, 0) is 29.0 Å². The van der Waals surface area contributed by atoms with Crippen LogP contribution in [0.5, 0.6) is 0 Å². The van der Waals surface area contributed by atoms with Gasteiger partial charge in [-0.1, -0.05) is 66.7 Å². The van der Waals surface area contributed by atoms with Gasteiger partial charge in [-0.2, -0.15) is 0 Å². The van der Waals surface area contributed by atoms with Gasteiger partial charge in [-0.15, -0.1) is 0 Å². The van der Waals surface area contributed by atoms with Gasteiger partial charge >= 0.3 is 0 Å². The second-order valence-electron chi connectivity index (χ2n) is 5.88. The topological polar surface area (TPSA) is 56.3 Å². The van der Waals surface area contributed by atoms with Crippen LogP contribution in [0, 0.1) is 10.1 Å². The van der Waals surface area contributed by atoms with E-state index in [1.54, 1.807) is 12.1 Å². The molecule has 0 fully saturated rings. The Morgan fingerprint density at radius 1 is 0.846 bits per heavy atom. The first-order valence-electron chi connectivity index (χ1n) is 8.22. The summed E-state index contributed by atoms with van der Waals surface area (Å²) in [5.41, 5.74) is 1.52. The lowest BCUT2D eigenvalue weighted by atomic mass is 10.0. The first-order chi connectivity index (χ1) is 12.7. The lowest BCUT2D eigenvalue weighted by Gasteiger charge is -2.04. The van der Waals surface area contributed by atoms with E-state index < -0.39 is 0 Å². The molecule has 0 saturated heterocycles. The van der Waals surface area contributed by atoms with Crippen LogP contribution in [-0.2, 0) is 0 Å². The Morgan fingerprint density at radius 2 is 1.58 bits per heavy atom. The highest BCUT2D eigenvalue weighted by atomic mass is 16.6. The van der Waals surface area contributed by atoms with Crippen LogP contribution in [0.25, 0.3) is 33.9 Å². The van der Waals surface area contributed by atoms with Crippen LogP contribution in [0.15, 0.2) is 89.3 Å². The van der Waals surface area contributed by atoms with Crippen molar-refractivity contribution >= 4 is 22.5 Å². The van der Waals surface area contributed by atoms with Crippen LogP contribution >= 0.6 is 0 Å². The van der Waals surface area contributed by atoms with E-state index in [0.717, 1.165) is 16.3 Å². The first-order valence-corrected chi connectivity index (χ1v) is 8.22. The van der Waals surface area contributed by atoms with Crippen molar-refractivity contribution in [1.29, 1.82) is 0 Å². The Labute approximate surface area is 150 Å². The van der Waals surface area contributed by atoms with Crippen LogP contribution in [0.3, 0.4) is 0 Å². The summed E-state index contributed by atoms with van der Waals surface area (Å²) >= 11 is 0. The fourth-order valence-corrected chi connectivity index (χ4v) is 3.00. The summed E-state index contributed by atoms with van der Waals surface area (Å²) in [6.45, 7) is 0. The van der Waals surface area contributed by atoms with Crippen LogP contribution in [0.4, 0.5) is 0 Å². The summed E-state index contributed by atoms with van der Waals surface area (Å²) < 4.78 is 5.80. The average molecular weight is 341 g/mol. The van der Waals surface area contributed by atoms with Gasteiger partial charge in [0.1, 0.15) is 11.5 Å². The number of rotatable bonds is 4. The summed E-state index contributed by atoms with van der Waals surface area (Å²) in [5, 5.41) is 13.5. The van der Waals surface area contributed by atoms with Crippen molar-refractivity contribution in [1.82, 2.24) is 0 Å². The molecule has 3 aromatic carbocycles. The van der Waals surface area contributed by atoms with E-state index in [1.165, 1.54) is 6.08 Å². The van der Waals surface area contributed by atoms with Gasteiger partial charge in [0, 0.05) is 5.56 Å². The number of nitro groups is 1. The van der Waals surface area contributed by atoms with Crippen LogP contribution in [-0.4, -0.2) is 4.92 Å². The maximum atomic E-state index is 11.7. The fourth-order valence-electron chi connectivity index (χ4n) is 3.00. The molecular formula is C22H15NO3. The van der Waals surface area contributed by atoms with Crippen LogP contribution < -0.4 is 0 Å². The molecule has 0 aliphatic rings. The maximum absolute atomic E-state index is 11.7. The molecule has 0 aliphatic heterocycles. The number of furan rings is 1. The minimum absolute atomic E-state index is 0.00996. The standard InChI is InChI=1S/C22H15NO3/c24-23(25)21(20-12-6-10-16-7-4-5-11-19(16)20)15-18-13-14-22(26-18)17-8-2-1-3-9-17/h1-15H. The van der Waals surface area contributed by atoms with Gasteiger partial charge in [0.25, 0.3) is 5.70 Å².